The lowest BCUT2D eigenvalue weighted by Gasteiger charge is -2.35. The van der Waals surface area contributed by atoms with Crippen molar-refractivity contribution in [1.82, 2.24) is 0 Å². The lowest BCUT2D eigenvalue weighted by atomic mass is 10.0. The van der Waals surface area contributed by atoms with Gasteiger partial charge in [0.05, 0.1) is 26.4 Å². The molecule has 0 spiro atoms. The Morgan fingerprint density at radius 3 is 1.32 bits per heavy atom. The Bertz CT molecular complexity index is 705. The number of rotatable bonds is 9. The lowest BCUT2D eigenvalue weighted by molar-refractivity contribution is -0.192. The maximum Gasteiger partial charge on any atom is 0.145 e. The highest BCUT2D eigenvalue weighted by Crippen LogP contribution is 2.38. The van der Waals surface area contributed by atoms with Gasteiger partial charge in [-0.25, -0.2) is 0 Å². The van der Waals surface area contributed by atoms with Crippen LogP contribution in [0.1, 0.15) is 0 Å². The van der Waals surface area contributed by atoms with Crippen LogP contribution in [0.15, 0.2) is 58.3 Å². The molecule has 0 radical (unpaired) electrons. The molecule has 2 N–H and O–H groups in total. The molecule has 0 amide bonds. The van der Waals surface area contributed by atoms with Crippen LogP contribution >= 0.6 is 21.6 Å². The van der Waals surface area contributed by atoms with E-state index < -0.39 is 11.2 Å². The molecule has 0 saturated carbocycles. The molecular formula is C20H22O6S2. The Balaban J connectivity index is 1.21. The van der Waals surface area contributed by atoms with Crippen molar-refractivity contribution in [1.29, 1.82) is 0 Å². The van der Waals surface area contributed by atoms with Gasteiger partial charge in [0.1, 0.15) is 35.9 Å². The van der Waals surface area contributed by atoms with Crippen molar-refractivity contribution >= 4 is 21.6 Å². The molecule has 0 aromatic heterocycles. The molecule has 6 nitrogen and oxygen atoms in total. The van der Waals surface area contributed by atoms with Gasteiger partial charge in [0.25, 0.3) is 0 Å². The Labute approximate surface area is 171 Å². The van der Waals surface area contributed by atoms with Gasteiger partial charge < -0.3 is 29.2 Å². The summed E-state index contributed by atoms with van der Waals surface area (Å²) in [7, 11) is 3.30. The summed E-state index contributed by atoms with van der Waals surface area (Å²) in [6.45, 7) is 1.81. The average Bonchev–Trinajstić information content (AvgIpc) is 2.68. The highest BCUT2D eigenvalue weighted by molar-refractivity contribution is 8.76. The van der Waals surface area contributed by atoms with Crippen molar-refractivity contribution in [3.63, 3.8) is 0 Å². The van der Waals surface area contributed by atoms with Crippen LogP contribution in [0, 0.1) is 0 Å². The average molecular weight is 423 g/mol. The van der Waals surface area contributed by atoms with Gasteiger partial charge in [-0.05, 0) is 48.5 Å². The van der Waals surface area contributed by atoms with Gasteiger partial charge in [0, 0.05) is 9.79 Å². The summed E-state index contributed by atoms with van der Waals surface area (Å²) < 4.78 is 21.2. The standard InChI is InChI=1S/C20H22O6S2/c21-19(9-23-10-19)13-25-15-1-5-17(6-2-15)27-28-18-7-3-16(4-8-18)26-14-20(22)11-24-12-20/h1-8,21-22H,9-14H2. The van der Waals surface area contributed by atoms with Crippen LogP contribution in [-0.4, -0.2) is 61.1 Å². The van der Waals surface area contributed by atoms with Crippen molar-refractivity contribution in [2.75, 3.05) is 39.6 Å². The molecule has 2 fully saturated rings. The van der Waals surface area contributed by atoms with E-state index in [1.807, 2.05) is 48.5 Å². The monoisotopic (exact) mass is 422 g/mol. The fraction of sp³-hybridized carbons (Fsp3) is 0.400. The lowest BCUT2D eigenvalue weighted by Crippen LogP contribution is -2.53. The summed E-state index contributed by atoms with van der Waals surface area (Å²) in [5.74, 6) is 1.46. The summed E-state index contributed by atoms with van der Waals surface area (Å²) in [5.41, 5.74) is -1.69. The van der Waals surface area contributed by atoms with E-state index >= 15 is 0 Å². The van der Waals surface area contributed by atoms with Gasteiger partial charge in [-0.15, -0.1) is 0 Å². The largest absolute Gasteiger partial charge is 0.490 e. The minimum atomic E-state index is -0.845. The van der Waals surface area contributed by atoms with Gasteiger partial charge in [-0.3, -0.25) is 0 Å². The molecule has 2 saturated heterocycles. The minimum Gasteiger partial charge on any atom is -0.490 e. The number of hydrogen-bond donors (Lipinski definition) is 2. The van der Waals surface area contributed by atoms with E-state index in [2.05, 4.69) is 0 Å². The molecule has 150 valence electrons. The molecule has 0 atom stereocenters. The molecule has 2 heterocycles. The molecule has 4 rings (SSSR count). The third kappa shape index (κ3) is 5.14. The summed E-state index contributed by atoms with van der Waals surface area (Å²) >= 11 is 0. The van der Waals surface area contributed by atoms with E-state index in [1.165, 1.54) is 0 Å². The van der Waals surface area contributed by atoms with Crippen LogP contribution in [0.4, 0.5) is 0 Å². The first-order valence-corrected chi connectivity index (χ1v) is 11.1. The van der Waals surface area contributed by atoms with Crippen molar-refractivity contribution in [3.8, 4) is 11.5 Å². The molecule has 2 aromatic carbocycles. The molecule has 0 bridgehead atoms. The molecule has 28 heavy (non-hydrogen) atoms. The first-order chi connectivity index (χ1) is 13.5. The van der Waals surface area contributed by atoms with E-state index in [9.17, 15) is 10.2 Å². The fourth-order valence-corrected chi connectivity index (χ4v) is 4.49. The van der Waals surface area contributed by atoms with Gasteiger partial charge in [-0.1, -0.05) is 21.6 Å². The molecule has 0 unspecified atom stereocenters. The van der Waals surface area contributed by atoms with Gasteiger partial charge >= 0.3 is 0 Å². The molecule has 0 aliphatic carbocycles. The SMILES string of the molecule is OC1(COc2ccc(SSc3ccc(OCC4(O)COC4)cc3)cc2)COC1. The summed E-state index contributed by atoms with van der Waals surface area (Å²) in [6.07, 6.45) is 0. The number of hydrogen-bond acceptors (Lipinski definition) is 8. The maximum atomic E-state index is 9.96. The predicted molar refractivity (Wildman–Crippen MR) is 107 cm³/mol. The second kappa shape index (κ2) is 8.52. The van der Waals surface area contributed by atoms with Crippen LogP contribution in [-0.2, 0) is 9.47 Å². The third-order valence-corrected chi connectivity index (χ3v) is 6.80. The second-order valence-corrected chi connectivity index (χ2v) is 9.40. The van der Waals surface area contributed by atoms with E-state index in [1.54, 1.807) is 21.6 Å². The van der Waals surface area contributed by atoms with Crippen molar-refractivity contribution in [2.45, 2.75) is 21.0 Å². The summed E-state index contributed by atoms with van der Waals surface area (Å²) in [5, 5.41) is 19.9. The van der Waals surface area contributed by atoms with Gasteiger partial charge in [-0.2, -0.15) is 0 Å². The Morgan fingerprint density at radius 1 is 0.679 bits per heavy atom. The smallest absolute Gasteiger partial charge is 0.145 e. The van der Waals surface area contributed by atoms with Crippen LogP contribution in [0.2, 0.25) is 0 Å². The number of ether oxygens (including phenoxy) is 4. The quantitative estimate of drug-likeness (QED) is 0.598. The highest BCUT2D eigenvalue weighted by Gasteiger charge is 2.37. The minimum absolute atomic E-state index is 0.243. The van der Waals surface area contributed by atoms with Crippen molar-refractivity contribution in [2.24, 2.45) is 0 Å². The molecule has 2 aliphatic rings. The van der Waals surface area contributed by atoms with E-state index in [0.29, 0.717) is 26.4 Å². The van der Waals surface area contributed by atoms with E-state index in [0.717, 1.165) is 21.3 Å². The van der Waals surface area contributed by atoms with Crippen LogP contribution in [0.3, 0.4) is 0 Å². The van der Waals surface area contributed by atoms with E-state index in [-0.39, 0.29) is 13.2 Å². The summed E-state index contributed by atoms with van der Waals surface area (Å²) in [4.78, 5) is 2.21. The zero-order valence-electron chi connectivity index (χ0n) is 15.2. The topological polar surface area (TPSA) is 77.4 Å². The molecule has 8 heteroatoms. The normalized spacial score (nSPS) is 19.4. The van der Waals surface area contributed by atoms with Crippen LogP contribution in [0.25, 0.3) is 0 Å². The van der Waals surface area contributed by atoms with Crippen molar-refractivity contribution < 1.29 is 29.2 Å². The Hall–Kier alpha value is -1.42. The van der Waals surface area contributed by atoms with Gasteiger partial charge in [0.15, 0.2) is 0 Å². The summed E-state index contributed by atoms with van der Waals surface area (Å²) in [6, 6.07) is 15.6. The van der Waals surface area contributed by atoms with Crippen LogP contribution in [0.5, 0.6) is 11.5 Å². The predicted octanol–water partition coefficient (Wildman–Crippen LogP) is 2.77. The third-order valence-electron chi connectivity index (χ3n) is 4.38. The second-order valence-electron chi connectivity index (χ2n) is 7.12. The van der Waals surface area contributed by atoms with Crippen LogP contribution < -0.4 is 9.47 Å². The Morgan fingerprint density at radius 2 is 1.04 bits per heavy atom. The fourth-order valence-electron chi connectivity index (χ4n) is 2.56. The first-order valence-electron chi connectivity index (χ1n) is 8.93. The van der Waals surface area contributed by atoms with Crippen molar-refractivity contribution in [3.05, 3.63) is 48.5 Å². The molecule has 2 aromatic rings. The van der Waals surface area contributed by atoms with Gasteiger partial charge in [0.2, 0.25) is 0 Å². The maximum absolute atomic E-state index is 9.96. The number of benzene rings is 2. The first kappa shape index (κ1) is 19.9. The molecular weight excluding hydrogens is 400 g/mol. The number of aliphatic hydroxyl groups is 2. The van der Waals surface area contributed by atoms with E-state index in [4.69, 9.17) is 18.9 Å². The Kier molecular flexibility index (Phi) is 6.05. The highest BCUT2D eigenvalue weighted by atomic mass is 33.1. The zero-order valence-corrected chi connectivity index (χ0v) is 16.8. The molecule has 2 aliphatic heterocycles. The zero-order chi connectivity index (χ0) is 19.5.